The van der Waals surface area contributed by atoms with E-state index in [-0.39, 0.29) is 5.56 Å². The topological polar surface area (TPSA) is 25.8 Å². The number of hydrogen-bond acceptors (Lipinski definition) is 3. The molecule has 0 saturated carbocycles. The van der Waals surface area contributed by atoms with E-state index < -0.39 is 11.6 Å². The minimum Gasteiger partial charge on any atom is -0.255 e. The molecule has 2 heterocycles. The lowest BCUT2D eigenvalue weighted by atomic mass is 10.1. The monoisotopic (exact) mass is 288 g/mol. The molecule has 0 atom stereocenters. The van der Waals surface area contributed by atoms with Gasteiger partial charge in [-0.25, -0.2) is 13.8 Å². The molecule has 0 amide bonds. The molecule has 3 rings (SSSR count). The van der Waals surface area contributed by atoms with Crippen LogP contribution in [0.1, 0.15) is 5.01 Å². The van der Waals surface area contributed by atoms with Gasteiger partial charge in [-0.2, -0.15) is 0 Å². The highest BCUT2D eigenvalue weighted by Gasteiger charge is 2.09. The van der Waals surface area contributed by atoms with Gasteiger partial charge in [-0.1, -0.05) is 0 Å². The van der Waals surface area contributed by atoms with Crippen LogP contribution in [0.25, 0.3) is 22.5 Å². The van der Waals surface area contributed by atoms with Crippen molar-refractivity contribution in [1.29, 1.82) is 0 Å². The smallest absolute Gasteiger partial charge is 0.135 e. The van der Waals surface area contributed by atoms with Gasteiger partial charge >= 0.3 is 0 Å². The highest BCUT2D eigenvalue weighted by Crippen LogP contribution is 2.25. The van der Waals surface area contributed by atoms with Crippen molar-refractivity contribution in [3.05, 3.63) is 58.6 Å². The van der Waals surface area contributed by atoms with Gasteiger partial charge in [0.1, 0.15) is 11.6 Å². The standard InChI is InChI=1S/C15H10F2N2S/c1-9-19-15(8-20-9)10-2-5-14(18-7-10)12-4-3-11(16)6-13(12)17/h2-8H,1H3. The summed E-state index contributed by atoms with van der Waals surface area (Å²) in [6, 6.07) is 7.01. The molecule has 20 heavy (non-hydrogen) atoms. The summed E-state index contributed by atoms with van der Waals surface area (Å²) in [5.74, 6) is -1.21. The summed E-state index contributed by atoms with van der Waals surface area (Å²) in [7, 11) is 0. The van der Waals surface area contributed by atoms with Crippen molar-refractivity contribution in [2.75, 3.05) is 0 Å². The van der Waals surface area contributed by atoms with Gasteiger partial charge in [-0.15, -0.1) is 11.3 Å². The van der Waals surface area contributed by atoms with Crippen LogP contribution in [0, 0.1) is 18.6 Å². The van der Waals surface area contributed by atoms with Crippen LogP contribution in [-0.2, 0) is 0 Å². The van der Waals surface area contributed by atoms with E-state index in [4.69, 9.17) is 0 Å². The number of pyridine rings is 1. The summed E-state index contributed by atoms with van der Waals surface area (Å²) in [6.07, 6.45) is 1.65. The van der Waals surface area contributed by atoms with Crippen molar-refractivity contribution >= 4 is 11.3 Å². The van der Waals surface area contributed by atoms with Crippen LogP contribution in [0.4, 0.5) is 8.78 Å². The lowest BCUT2D eigenvalue weighted by Crippen LogP contribution is -1.90. The van der Waals surface area contributed by atoms with Gasteiger partial charge in [0, 0.05) is 28.8 Å². The summed E-state index contributed by atoms with van der Waals surface area (Å²) in [5, 5.41) is 2.93. The molecule has 0 fully saturated rings. The molecule has 1 aromatic carbocycles. The van der Waals surface area contributed by atoms with Crippen LogP contribution in [0.15, 0.2) is 41.9 Å². The molecule has 0 saturated heterocycles. The van der Waals surface area contributed by atoms with Crippen molar-refractivity contribution in [3.63, 3.8) is 0 Å². The number of benzene rings is 1. The fourth-order valence-electron chi connectivity index (χ4n) is 1.90. The quantitative estimate of drug-likeness (QED) is 0.696. The van der Waals surface area contributed by atoms with Crippen molar-refractivity contribution in [1.82, 2.24) is 9.97 Å². The first-order valence-electron chi connectivity index (χ1n) is 5.97. The van der Waals surface area contributed by atoms with Crippen LogP contribution in [0.3, 0.4) is 0 Å². The Morgan fingerprint density at radius 2 is 1.90 bits per heavy atom. The van der Waals surface area contributed by atoms with Crippen LogP contribution in [0.2, 0.25) is 0 Å². The van der Waals surface area contributed by atoms with Gasteiger partial charge < -0.3 is 0 Å². The van der Waals surface area contributed by atoms with Crippen molar-refractivity contribution < 1.29 is 8.78 Å². The predicted octanol–water partition coefficient (Wildman–Crippen LogP) is 4.46. The molecular formula is C15H10F2N2S. The maximum Gasteiger partial charge on any atom is 0.135 e. The third kappa shape index (κ3) is 2.44. The molecule has 0 aliphatic heterocycles. The van der Waals surface area contributed by atoms with Gasteiger partial charge in [-0.3, -0.25) is 4.98 Å². The molecule has 2 nitrogen and oxygen atoms in total. The first-order valence-corrected chi connectivity index (χ1v) is 6.85. The zero-order valence-electron chi connectivity index (χ0n) is 10.6. The minimum atomic E-state index is -0.616. The van der Waals surface area contributed by atoms with E-state index in [1.807, 2.05) is 18.4 Å². The van der Waals surface area contributed by atoms with Gasteiger partial charge in [-0.05, 0) is 31.2 Å². The Bertz CT molecular complexity index is 751. The molecule has 0 bridgehead atoms. The lowest BCUT2D eigenvalue weighted by Gasteiger charge is -2.03. The molecule has 0 aliphatic carbocycles. The molecule has 0 unspecified atom stereocenters. The van der Waals surface area contributed by atoms with Crippen molar-refractivity contribution in [2.24, 2.45) is 0 Å². The van der Waals surface area contributed by atoms with E-state index in [1.165, 1.54) is 12.1 Å². The number of halogens is 2. The highest BCUT2D eigenvalue weighted by atomic mass is 32.1. The Balaban J connectivity index is 1.97. The molecule has 5 heteroatoms. The molecule has 0 radical (unpaired) electrons. The summed E-state index contributed by atoms with van der Waals surface area (Å²) < 4.78 is 26.6. The Morgan fingerprint density at radius 3 is 2.50 bits per heavy atom. The summed E-state index contributed by atoms with van der Waals surface area (Å²) in [6.45, 7) is 1.93. The van der Waals surface area contributed by atoms with Crippen LogP contribution in [0.5, 0.6) is 0 Å². The number of hydrogen-bond donors (Lipinski definition) is 0. The maximum atomic E-state index is 13.7. The molecule has 3 aromatic rings. The fraction of sp³-hybridized carbons (Fsp3) is 0.0667. The lowest BCUT2D eigenvalue weighted by molar-refractivity contribution is 0.585. The highest BCUT2D eigenvalue weighted by molar-refractivity contribution is 7.09. The third-order valence-corrected chi connectivity index (χ3v) is 3.66. The number of aromatic nitrogens is 2. The van der Waals surface area contributed by atoms with Crippen LogP contribution < -0.4 is 0 Å². The summed E-state index contributed by atoms with van der Waals surface area (Å²) in [4.78, 5) is 8.59. The van der Waals surface area contributed by atoms with Crippen molar-refractivity contribution in [3.8, 4) is 22.5 Å². The molecule has 100 valence electrons. The third-order valence-electron chi connectivity index (χ3n) is 2.89. The SMILES string of the molecule is Cc1nc(-c2ccc(-c3ccc(F)cc3F)nc2)cs1. The minimum absolute atomic E-state index is 0.285. The second-order valence-electron chi connectivity index (χ2n) is 4.31. The Kier molecular flexibility index (Phi) is 3.28. The van der Waals surface area contributed by atoms with E-state index in [2.05, 4.69) is 9.97 Å². The largest absolute Gasteiger partial charge is 0.255 e. The van der Waals surface area contributed by atoms with Crippen LogP contribution in [-0.4, -0.2) is 9.97 Å². The fourth-order valence-corrected chi connectivity index (χ4v) is 2.52. The second-order valence-corrected chi connectivity index (χ2v) is 5.37. The van der Waals surface area contributed by atoms with Gasteiger partial charge in [0.05, 0.1) is 16.4 Å². The molecule has 0 N–H and O–H groups in total. The van der Waals surface area contributed by atoms with E-state index in [0.29, 0.717) is 5.69 Å². The Morgan fingerprint density at radius 1 is 1.05 bits per heavy atom. The van der Waals surface area contributed by atoms with Gasteiger partial charge in [0.15, 0.2) is 0 Å². The molecule has 0 spiro atoms. The first kappa shape index (κ1) is 12.9. The number of rotatable bonds is 2. The molecule has 0 aliphatic rings. The number of nitrogens with zero attached hydrogens (tertiary/aromatic N) is 2. The van der Waals surface area contributed by atoms with E-state index in [1.54, 1.807) is 23.6 Å². The molecule has 2 aromatic heterocycles. The summed E-state index contributed by atoms with van der Waals surface area (Å²) >= 11 is 1.56. The Labute approximate surface area is 118 Å². The van der Waals surface area contributed by atoms with E-state index in [9.17, 15) is 8.78 Å². The molecular weight excluding hydrogens is 278 g/mol. The first-order chi connectivity index (χ1) is 9.63. The predicted molar refractivity (Wildman–Crippen MR) is 75.4 cm³/mol. The van der Waals surface area contributed by atoms with Crippen LogP contribution >= 0.6 is 11.3 Å². The number of aryl methyl sites for hydroxylation is 1. The zero-order chi connectivity index (χ0) is 14.1. The average molecular weight is 288 g/mol. The van der Waals surface area contributed by atoms with E-state index >= 15 is 0 Å². The number of thiazole rings is 1. The maximum absolute atomic E-state index is 13.7. The Hall–Kier alpha value is -2.14. The zero-order valence-corrected chi connectivity index (χ0v) is 11.4. The van der Waals surface area contributed by atoms with E-state index in [0.717, 1.165) is 22.3 Å². The van der Waals surface area contributed by atoms with Gasteiger partial charge in [0.2, 0.25) is 0 Å². The second kappa shape index (κ2) is 5.09. The van der Waals surface area contributed by atoms with Gasteiger partial charge in [0.25, 0.3) is 0 Å². The normalized spacial score (nSPS) is 10.8. The summed E-state index contributed by atoms with van der Waals surface area (Å²) in [5.41, 5.74) is 2.48. The van der Waals surface area contributed by atoms with Crippen molar-refractivity contribution in [2.45, 2.75) is 6.92 Å². The average Bonchev–Trinajstić information content (AvgIpc) is 2.86.